The summed E-state index contributed by atoms with van der Waals surface area (Å²) in [7, 11) is 3.96. The first-order chi connectivity index (χ1) is 10.1. The highest BCUT2D eigenvalue weighted by Crippen LogP contribution is 2.35. The van der Waals surface area contributed by atoms with Crippen molar-refractivity contribution in [2.75, 3.05) is 27.2 Å². The first kappa shape index (κ1) is 18.1. The standard InChI is InChI=1S/C15H26Cl2N2O3/c1-14(16,11-7-5-9-18(11)3)21-13(20)22-15(2,17)12-8-6-10-19(12)4/h11-12H,5-10H2,1-4H3/t11?,12?,14-,15-/m1/s1. The highest BCUT2D eigenvalue weighted by molar-refractivity contribution is 6.24. The van der Waals surface area contributed by atoms with E-state index in [1.807, 2.05) is 14.1 Å². The molecule has 0 spiro atoms. The van der Waals surface area contributed by atoms with Crippen LogP contribution in [-0.4, -0.2) is 65.3 Å². The van der Waals surface area contributed by atoms with Crippen LogP contribution in [0.4, 0.5) is 4.79 Å². The summed E-state index contributed by atoms with van der Waals surface area (Å²) in [5.41, 5.74) is 0. The van der Waals surface area contributed by atoms with Gasteiger partial charge in [-0.05, 0) is 66.7 Å². The van der Waals surface area contributed by atoms with Crippen molar-refractivity contribution in [3.63, 3.8) is 0 Å². The molecule has 5 nitrogen and oxygen atoms in total. The number of nitrogens with zero attached hydrogens (tertiary/aromatic N) is 2. The molecular formula is C15H26Cl2N2O3. The zero-order valence-corrected chi connectivity index (χ0v) is 15.3. The van der Waals surface area contributed by atoms with Crippen molar-refractivity contribution in [1.29, 1.82) is 0 Å². The summed E-state index contributed by atoms with van der Waals surface area (Å²) >= 11 is 12.9. The maximum Gasteiger partial charge on any atom is 0.511 e. The Bertz CT molecular complexity index is 382. The normalized spacial score (nSPS) is 32.5. The van der Waals surface area contributed by atoms with Gasteiger partial charge in [-0.2, -0.15) is 0 Å². The van der Waals surface area contributed by atoms with Gasteiger partial charge in [-0.1, -0.05) is 23.2 Å². The van der Waals surface area contributed by atoms with Gasteiger partial charge in [0.05, 0.1) is 12.1 Å². The molecule has 2 aliphatic heterocycles. The molecule has 4 atom stereocenters. The number of carbonyl (C=O) groups excluding carboxylic acids is 1. The summed E-state index contributed by atoms with van der Waals surface area (Å²) in [4.78, 5) is 16.4. The van der Waals surface area contributed by atoms with Gasteiger partial charge in [-0.25, -0.2) is 4.79 Å². The second-order valence-corrected chi connectivity index (χ2v) is 8.20. The maximum absolute atomic E-state index is 12.2. The van der Waals surface area contributed by atoms with Gasteiger partial charge in [0.2, 0.25) is 10.1 Å². The number of halogens is 2. The molecule has 2 saturated heterocycles. The molecule has 2 heterocycles. The number of alkyl halides is 2. The molecule has 2 unspecified atom stereocenters. The highest BCUT2D eigenvalue weighted by atomic mass is 35.5. The molecule has 0 radical (unpaired) electrons. The Morgan fingerprint density at radius 1 is 0.955 bits per heavy atom. The third-order valence-electron chi connectivity index (χ3n) is 4.80. The molecule has 0 aromatic heterocycles. The van der Waals surface area contributed by atoms with Crippen LogP contribution in [0.1, 0.15) is 39.5 Å². The van der Waals surface area contributed by atoms with Gasteiger partial charge in [-0.3, -0.25) is 9.80 Å². The Morgan fingerprint density at radius 2 is 1.32 bits per heavy atom. The molecule has 2 rings (SSSR count). The van der Waals surface area contributed by atoms with Crippen molar-refractivity contribution in [2.45, 2.75) is 61.7 Å². The predicted molar refractivity (Wildman–Crippen MR) is 87.4 cm³/mol. The smallest absolute Gasteiger partial charge is 0.410 e. The minimum absolute atomic E-state index is 0.0162. The van der Waals surface area contributed by atoms with E-state index in [0.717, 1.165) is 38.8 Å². The first-order valence-corrected chi connectivity index (χ1v) is 8.59. The van der Waals surface area contributed by atoms with Crippen molar-refractivity contribution in [3.05, 3.63) is 0 Å². The van der Waals surface area contributed by atoms with Crippen molar-refractivity contribution < 1.29 is 14.3 Å². The summed E-state index contributed by atoms with van der Waals surface area (Å²) in [5, 5.41) is -2.23. The van der Waals surface area contributed by atoms with E-state index in [1.165, 1.54) is 0 Å². The Labute approximate surface area is 142 Å². The molecule has 0 aliphatic carbocycles. The fraction of sp³-hybridized carbons (Fsp3) is 0.933. The number of likely N-dealkylation sites (tertiary alicyclic amines) is 2. The molecule has 7 heteroatoms. The number of ether oxygens (including phenoxy) is 2. The van der Waals surface area contributed by atoms with Gasteiger partial charge < -0.3 is 9.47 Å². The molecule has 0 amide bonds. The van der Waals surface area contributed by atoms with E-state index >= 15 is 0 Å². The number of hydrogen-bond acceptors (Lipinski definition) is 5. The van der Waals surface area contributed by atoms with Crippen molar-refractivity contribution in [2.24, 2.45) is 0 Å². The van der Waals surface area contributed by atoms with Crippen LogP contribution in [0.15, 0.2) is 0 Å². The van der Waals surface area contributed by atoms with Crippen LogP contribution < -0.4 is 0 Å². The van der Waals surface area contributed by atoms with Crippen molar-refractivity contribution in [3.8, 4) is 0 Å². The fourth-order valence-corrected chi connectivity index (χ4v) is 4.28. The molecule has 2 fully saturated rings. The Morgan fingerprint density at radius 3 is 1.59 bits per heavy atom. The monoisotopic (exact) mass is 352 g/mol. The van der Waals surface area contributed by atoms with E-state index in [4.69, 9.17) is 32.7 Å². The van der Waals surface area contributed by atoms with Gasteiger partial charge in [0, 0.05) is 0 Å². The Balaban J connectivity index is 1.94. The van der Waals surface area contributed by atoms with Crippen molar-refractivity contribution in [1.82, 2.24) is 9.80 Å². The van der Waals surface area contributed by atoms with Crippen LogP contribution >= 0.6 is 23.2 Å². The van der Waals surface area contributed by atoms with Gasteiger partial charge in [-0.15, -0.1) is 0 Å². The lowest BCUT2D eigenvalue weighted by molar-refractivity contribution is -0.0540. The first-order valence-electron chi connectivity index (χ1n) is 7.84. The average Bonchev–Trinajstić information content (AvgIpc) is 2.96. The number of likely N-dealkylation sites (N-methyl/N-ethyl adjacent to an activating group) is 2. The molecule has 0 bridgehead atoms. The zero-order valence-electron chi connectivity index (χ0n) is 13.8. The Hall–Kier alpha value is -0.230. The minimum Gasteiger partial charge on any atom is -0.410 e. The van der Waals surface area contributed by atoms with E-state index in [0.29, 0.717) is 0 Å². The molecular weight excluding hydrogens is 327 g/mol. The second kappa shape index (κ2) is 6.71. The van der Waals surface area contributed by atoms with Crippen LogP contribution in [0.3, 0.4) is 0 Å². The molecule has 22 heavy (non-hydrogen) atoms. The van der Waals surface area contributed by atoms with E-state index in [2.05, 4.69) is 9.80 Å². The molecule has 128 valence electrons. The largest absolute Gasteiger partial charge is 0.511 e. The van der Waals surface area contributed by atoms with E-state index in [-0.39, 0.29) is 12.1 Å². The molecule has 0 aromatic carbocycles. The molecule has 0 saturated carbocycles. The lowest BCUT2D eigenvalue weighted by Crippen LogP contribution is -2.48. The fourth-order valence-electron chi connectivity index (χ4n) is 3.61. The van der Waals surface area contributed by atoms with Gasteiger partial charge in [0.25, 0.3) is 0 Å². The minimum atomic E-state index is -1.11. The van der Waals surface area contributed by atoms with Crippen molar-refractivity contribution >= 4 is 29.4 Å². The molecule has 0 N–H and O–H groups in total. The predicted octanol–water partition coefficient (Wildman–Crippen LogP) is 3.24. The van der Waals surface area contributed by atoms with Crippen LogP contribution in [0.5, 0.6) is 0 Å². The number of hydrogen-bond donors (Lipinski definition) is 0. The average molecular weight is 353 g/mol. The Kier molecular flexibility index (Phi) is 5.53. The topological polar surface area (TPSA) is 42.0 Å². The maximum atomic E-state index is 12.2. The van der Waals surface area contributed by atoms with Crippen LogP contribution in [-0.2, 0) is 9.47 Å². The third-order valence-corrected chi connectivity index (χ3v) is 5.46. The van der Waals surface area contributed by atoms with Gasteiger partial charge in [0.1, 0.15) is 0 Å². The van der Waals surface area contributed by atoms with E-state index in [1.54, 1.807) is 13.8 Å². The van der Waals surface area contributed by atoms with E-state index in [9.17, 15) is 4.79 Å². The van der Waals surface area contributed by atoms with E-state index < -0.39 is 16.3 Å². The third kappa shape index (κ3) is 3.99. The summed E-state index contributed by atoms with van der Waals surface area (Å²) < 4.78 is 10.8. The second-order valence-electron chi connectivity index (χ2n) is 6.70. The lowest BCUT2D eigenvalue weighted by Gasteiger charge is -2.36. The molecule has 0 aromatic rings. The number of rotatable bonds is 4. The molecule has 2 aliphatic rings. The van der Waals surface area contributed by atoms with Gasteiger partial charge in [0.15, 0.2) is 0 Å². The SMILES string of the molecule is CN1CCCC1[C@](C)(Cl)OC(=O)O[C@@](C)(Cl)C1CCCN1C. The van der Waals surface area contributed by atoms with Crippen LogP contribution in [0.2, 0.25) is 0 Å². The summed E-state index contributed by atoms with van der Waals surface area (Å²) in [6.07, 6.45) is 3.07. The zero-order chi connectivity index (χ0) is 16.5. The number of carbonyl (C=O) groups is 1. The highest BCUT2D eigenvalue weighted by Gasteiger charge is 2.45. The van der Waals surface area contributed by atoms with Gasteiger partial charge >= 0.3 is 6.16 Å². The van der Waals surface area contributed by atoms with Crippen LogP contribution in [0.25, 0.3) is 0 Å². The summed E-state index contributed by atoms with van der Waals surface area (Å²) in [6, 6.07) is -0.0325. The lowest BCUT2D eigenvalue weighted by atomic mass is 10.1. The quantitative estimate of drug-likeness (QED) is 0.573. The van der Waals surface area contributed by atoms with Crippen LogP contribution in [0, 0.1) is 0 Å². The summed E-state index contributed by atoms with van der Waals surface area (Å²) in [5.74, 6) is 0. The summed E-state index contributed by atoms with van der Waals surface area (Å²) in [6.45, 7) is 5.31.